The van der Waals surface area contributed by atoms with Crippen LogP contribution in [0.1, 0.15) is 32.4 Å². The lowest BCUT2D eigenvalue weighted by Gasteiger charge is -2.30. The fraction of sp³-hybridized carbons (Fsp3) is 0.467. The molecule has 1 aliphatic rings. The number of nitrogens with zero attached hydrogens (tertiary/aromatic N) is 2. The molecule has 24 heavy (non-hydrogen) atoms. The van der Waals surface area contributed by atoms with E-state index in [1.54, 1.807) is 20.8 Å². The molecule has 0 aliphatic carbocycles. The van der Waals surface area contributed by atoms with Crippen molar-refractivity contribution in [1.82, 2.24) is 20.6 Å². The molecule has 2 N–H and O–H groups in total. The van der Waals surface area contributed by atoms with Gasteiger partial charge in [0.05, 0.1) is 31.9 Å². The van der Waals surface area contributed by atoms with Crippen LogP contribution < -0.4 is 20.1 Å². The fourth-order valence-electron chi connectivity index (χ4n) is 2.40. The second-order valence-corrected chi connectivity index (χ2v) is 5.74. The Labute approximate surface area is 145 Å². The summed E-state index contributed by atoms with van der Waals surface area (Å²) in [5.41, 5.74) is 1.42. The highest BCUT2D eigenvalue weighted by Crippen LogP contribution is 2.37. The van der Waals surface area contributed by atoms with Gasteiger partial charge in [0.15, 0.2) is 5.11 Å². The number of carbonyl (C=O) groups excluding carboxylic acids is 1. The monoisotopic (exact) mass is 352 g/mol. The van der Waals surface area contributed by atoms with Crippen LogP contribution in [0.2, 0.25) is 0 Å². The van der Waals surface area contributed by atoms with E-state index in [2.05, 4.69) is 20.6 Å². The summed E-state index contributed by atoms with van der Waals surface area (Å²) >= 11 is 5.22. The highest BCUT2D eigenvalue weighted by atomic mass is 32.1. The zero-order valence-electron chi connectivity index (χ0n) is 14.2. The number of nitrogens with one attached hydrogen (secondary N) is 2. The Bertz CT molecular complexity index is 668. The minimum Gasteiger partial charge on any atom is -0.481 e. The SMILES string of the molecule is COc1ncnc(OC)c1[C@H]1NC(=S)NC(C)=C1C(=O)OC(C)C. The van der Waals surface area contributed by atoms with Gasteiger partial charge in [-0.25, -0.2) is 14.8 Å². The van der Waals surface area contributed by atoms with Crippen LogP contribution in [0.5, 0.6) is 11.8 Å². The normalized spacial score (nSPS) is 17.2. The molecule has 0 saturated heterocycles. The summed E-state index contributed by atoms with van der Waals surface area (Å²) in [7, 11) is 2.96. The van der Waals surface area contributed by atoms with Crippen molar-refractivity contribution in [1.29, 1.82) is 0 Å². The first-order valence-electron chi connectivity index (χ1n) is 7.31. The smallest absolute Gasteiger partial charge is 0.338 e. The van der Waals surface area contributed by atoms with Crippen molar-refractivity contribution >= 4 is 23.3 Å². The van der Waals surface area contributed by atoms with Crippen LogP contribution in [0.3, 0.4) is 0 Å². The largest absolute Gasteiger partial charge is 0.481 e. The summed E-state index contributed by atoms with van der Waals surface area (Å²) in [6.45, 7) is 5.31. The zero-order chi connectivity index (χ0) is 17.9. The lowest BCUT2D eigenvalue weighted by atomic mass is 9.96. The Kier molecular flexibility index (Phi) is 5.55. The highest BCUT2D eigenvalue weighted by molar-refractivity contribution is 7.80. The molecule has 1 aromatic rings. The lowest BCUT2D eigenvalue weighted by molar-refractivity contribution is -0.143. The van der Waals surface area contributed by atoms with E-state index in [4.69, 9.17) is 26.4 Å². The molecule has 2 heterocycles. The quantitative estimate of drug-likeness (QED) is 0.599. The second kappa shape index (κ2) is 7.43. The molecular formula is C15H20N4O4S. The number of ether oxygens (including phenoxy) is 3. The Balaban J connectivity index is 2.59. The van der Waals surface area contributed by atoms with E-state index >= 15 is 0 Å². The molecule has 1 atom stereocenters. The molecule has 0 spiro atoms. The van der Waals surface area contributed by atoms with E-state index in [9.17, 15) is 4.79 Å². The number of aromatic nitrogens is 2. The molecule has 0 bridgehead atoms. The molecule has 130 valence electrons. The summed E-state index contributed by atoms with van der Waals surface area (Å²) in [6, 6.07) is -0.656. The van der Waals surface area contributed by atoms with E-state index in [0.29, 0.717) is 21.9 Å². The number of methoxy groups -OCH3 is 2. The standard InChI is InChI=1S/C15H20N4O4S/c1-7(2)23-14(20)9-8(3)18-15(24)19-11(9)10-12(21-4)16-6-17-13(10)22-5/h6-7,11H,1-5H3,(H2,18,19,24)/t11-/m0/s1. The molecule has 9 heteroatoms. The van der Waals surface area contributed by atoms with Crippen LogP contribution in [0.15, 0.2) is 17.6 Å². The third-order valence-electron chi connectivity index (χ3n) is 3.32. The molecule has 1 aliphatic heterocycles. The predicted molar refractivity (Wildman–Crippen MR) is 90.7 cm³/mol. The summed E-state index contributed by atoms with van der Waals surface area (Å²) in [5.74, 6) is 0.0985. The Hall–Kier alpha value is -2.42. The van der Waals surface area contributed by atoms with Crippen molar-refractivity contribution in [2.45, 2.75) is 32.9 Å². The minimum atomic E-state index is -0.656. The molecular weight excluding hydrogens is 332 g/mol. The maximum Gasteiger partial charge on any atom is 0.338 e. The first kappa shape index (κ1) is 17.9. The van der Waals surface area contributed by atoms with Gasteiger partial charge in [0.1, 0.15) is 11.9 Å². The van der Waals surface area contributed by atoms with Crippen LogP contribution in [0.4, 0.5) is 0 Å². The Morgan fingerprint density at radius 1 is 1.25 bits per heavy atom. The van der Waals surface area contributed by atoms with E-state index < -0.39 is 12.0 Å². The van der Waals surface area contributed by atoms with Gasteiger partial charge in [0.2, 0.25) is 11.8 Å². The second-order valence-electron chi connectivity index (χ2n) is 5.33. The number of thiocarbonyl (C=S) groups is 1. The van der Waals surface area contributed by atoms with Gasteiger partial charge < -0.3 is 24.8 Å². The maximum absolute atomic E-state index is 12.6. The van der Waals surface area contributed by atoms with Gasteiger partial charge in [0.25, 0.3) is 0 Å². The summed E-state index contributed by atoms with van der Waals surface area (Å²) in [5, 5.41) is 6.34. The van der Waals surface area contributed by atoms with Gasteiger partial charge in [0, 0.05) is 5.70 Å². The summed E-state index contributed by atoms with van der Waals surface area (Å²) < 4.78 is 16.0. The van der Waals surface area contributed by atoms with Crippen molar-refractivity contribution in [3.63, 3.8) is 0 Å². The van der Waals surface area contributed by atoms with Gasteiger partial charge in [-0.2, -0.15) is 0 Å². The average Bonchev–Trinajstić information content (AvgIpc) is 2.52. The first-order valence-corrected chi connectivity index (χ1v) is 7.72. The molecule has 2 rings (SSSR count). The lowest BCUT2D eigenvalue weighted by Crippen LogP contribution is -2.45. The van der Waals surface area contributed by atoms with Crippen molar-refractivity contribution in [2.75, 3.05) is 14.2 Å². The number of allylic oxidation sites excluding steroid dienone is 1. The van der Waals surface area contributed by atoms with Crippen LogP contribution in [0.25, 0.3) is 0 Å². The third-order valence-corrected chi connectivity index (χ3v) is 3.54. The average molecular weight is 352 g/mol. The summed E-state index contributed by atoms with van der Waals surface area (Å²) in [6.07, 6.45) is 1.06. The minimum absolute atomic E-state index is 0.261. The van der Waals surface area contributed by atoms with Gasteiger partial charge >= 0.3 is 5.97 Å². The van der Waals surface area contributed by atoms with Crippen LogP contribution in [0, 0.1) is 0 Å². The number of carbonyl (C=O) groups is 1. The van der Waals surface area contributed by atoms with Crippen molar-refractivity contribution in [3.05, 3.63) is 23.2 Å². The maximum atomic E-state index is 12.6. The van der Waals surface area contributed by atoms with Gasteiger partial charge in [-0.05, 0) is 33.0 Å². The predicted octanol–water partition coefficient (Wildman–Crippen LogP) is 1.24. The number of hydrogen-bond donors (Lipinski definition) is 2. The van der Waals surface area contributed by atoms with Crippen molar-refractivity contribution in [2.24, 2.45) is 0 Å². The molecule has 0 fully saturated rings. The molecule has 0 unspecified atom stereocenters. The van der Waals surface area contributed by atoms with Gasteiger partial charge in [-0.1, -0.05) is 0 Å². The first-order chi connectivity index (χ1) is 11.4. The number of hydrogen-bond acceptors (Lipinski definition) is 7. The molecule has 0 amide bonds. The number of rotatable bonds is 5. The highest BCUT2D eigenvalue weighted by Gasteiger charge is 2.36. The topological polar surface area (TPSA) is 94.6 Å². The van der Waals surface area contributed by atoms with Crippen LogP contribution >= 0.6 is 12.2 Å². The third kappa shape index (κ3) is 3.56. The van der Waals surface area contributed by atoms with E-state index in [-0.39, 0.29) is 17.9 Å². The zero-order valence-corrected chi connectivity index (χ0v) is 15.0. The van der Waals surface area contributed by atoms with E-state index in [1.807, 2.05) is 0 Å². The van der Waals surface area contributed by atoms with Crippen molar-refractivity contribution < 1.29 is 19.0 Å². The van der Waals surface area contributed by atoms with Crippen LogP contribution in [-0.4, -0.2) is 41.4 Å². The molecule has 0 radical (unpaired) electrons. The van der Waals surface area contributed by atoms with Gasteiger partial charge in [-0.15, -0.1) is 0 Å². The summed E-state index contributed by atoms with van der Waals surface area (Å²) in [4.78, 5) is 20.8. The number of esters is 1. The molecule has 0 aromatic carbocycles. The fourth-order valence-corrected chi connectivity index (χ4v) is 2.67. The Morgan fingerprint density at radius 3 is 2.33 bits per heavy atom. The Morgan fingerprint density at radius 2 is 1.83 bits per heavy atom. The van der Waals surface area contributed by atoms with Crippen LogP contribution in [-0.2, 0) is 9.53 Å². The van der Waals surface area contributed by atoms with E-state index in [1.165, 1.54) is 20.5 Å². The van der Waals surface area contributed by atoms with E-state index in [0.717, 1.165) is 0 Å². The molecule has 1 aromatic heterocycles. The molecule has 0 saturated carbocycles. The molecule has 8 nitrogen and oxygen atoms in total. The van der Waals surface area contributed by atoms with Crippen molar-refractivity contribution in [3.8, 4) is 11.8 Å². The van der Waals surface area contributed by atoms with Gasteiger partial charge in [-0.3, -0.25) is 0 Å².